The van der Waals surface area contributed by atoms with Gasteiger partial charge in [-0.3, -0.25) is 4.79 Å². The van der Waals surface area contributed by atoms with Gasteiger partial charge in [0.1, 0.15) is 18.1 Å². The average molecular weight is 341 g/mol. The van der Waals surface area contributed by atoms with Crippen LogP contribution >= 0.6 is 0 Å². The maximum absolute atomic E-state index is 12.3. The van der Waals surface area contributed by atoms with Crippen molar-refractivity contribution >= 4 is 5.91 Å². The Kier molecular flexibility index (Phi) is 6.87. The molecule has 0 aliphatic carbocycles. The predicted molar refractivity (Wildman–Crippen MR) is 100 cm³/mol. The van der Waals surface area contributed by atoms with Crippen molar-refractivity contribution in [3.8, 4) is 11.5 Å². The molecule has 4 heteroatoms. The number of carbonyl (C=O) groups is 1. The summed E-state index contributed by atoms with van der Waals surface area (Å²) in [6, 6.07) is 13.7. The van der Waals surface area contributed by atoms with Crippen molar-refractivity contribution in [3.63, 3.8) is 0 Å². The van der Waals surface area contributed by atoms with Crippen LogP contribution in [0.2, 0.25) is 0 Å². The predicted octanol–water partition coefficient (Wildman–Crippen LogP) is 3.96. The molecule has 0 radical (unpaired) electrons. The average Bonchev–Trinajstić information content (AvgIpc) is 2.60. The van der Waals surface area contributed by atoms with E-state index in [-0.39, 0.29) is 5.91 Å². The zero-order valence-corrected chi connectivity index (χ0v) is 15.5. The third kappa shape index (κ3) is 5.52. The molecular formula is C21H27NO3. The molecule has 25 heavy (non-hydrogen) atoms. The van der Waals surface area contributed by atoms with Gasteiger partial charge in [-0.25, -0.2) is 0 Å². The van der Waals surface area contributed by atoms with Crippen molar-refractivity contribution in [2.45, 2.75) is 40.2 Å². The van der Waals surface area contributed by atoms with Gasteiger partial charge in [0.25, 0.3) is 5.91 Å². The highest BCUT2D eigenvalue weighted by molar-refractivity contribution is 5.81. The number of ether oxygens (including phenoxy) is 2. The zero-order chi connectivity index (χ0) is 18.2. The normalized spacial score (nSPS) is 11.7. The van der Waals surface area contributed by atoms with Crippen molar-refractivity contribution in [3.05, 3.63) is 59.2 Å². The molecule has 0 fully saturated rings. The van der Waals surface area contributed by atoms with Gasteiger partial charge in [0.05, 0.1) is 6.54 Å². The van der Waals surface area contributed by atoms with E-state index in [4.69, 9.17) is 9.47 Å². The molecule has 2 aromatic carbocycles. The lowest BCUT2D eigenvalue weighted by molar-refractivity contribution is -0.128. The first-order chi connectivity index (χ1) is 12.0. The van der Waals surface area contributed by atoms with Crippen molar-refractivity contribution in [2.75, 3.05) is 13.2 Å². The molecule has 1 N–H and O–H groups in total. The van der Waals surface area contributed by atoms with Crippen LogP contribution in [-0.4, -0.2) is 25.2 Å². The van der Waals surface area contributed by atoms with Crippen LogP contribution in [0.5, 0.6) is 11.5 Å². The summed E-state index contributed by atoms with van der Waals surface area (Å²) >= 11 is 0. The number of nitrogens with one attached hydrogen (secondary N) is 1. The van der Waals surface area contributed by atoms with Crippen LogP contribution in [0.15, 0.2) is 42.5 Å². The third-order valence-corrected chi connectivity index (χ3v) is 4.14. The van der Waals surface area contributed by atoms with Crippen molar-refractivity contribution < 1.29 is 14.3 Å². The highest BCUT2D eigenvalue weighted by Gasteiger charge is 2.18. The zero-order valence-electron chi connectivity index (χ0n) is 15.5. The standard InChI is InChI=1S/C21H27NO3/c1-5-19(25-18-10-6-8-15(2)14-18)21(23)22-12-13-24-20-11-7-9-16(3)17(20)4/h6-11,14,19H,5,12-13H2,1-4H3,(H,22,23)/t19-/m0/s1. The number of amides is 1. The first-order valence-electron chi connectivity index (χ1n) is 8.71. The monoisotopic (exact) mass is 341 g/mol. The van der Waals surface area contributed by atoms with Crippen LogP contribution in [0.3, 0.4) is 0 Å². The van der Waals surface area contributed by atoms with Crippen LogP contribution in [0.25, 0.3) is 0 Å². The Morgan fingerprint density at radius 3 is 2.60 bits per heavy atom. The van der Waals surface area contributed by atoms with Gasteiger partial charge in [-0.05, 0) is 62.1 Å². The quantitative estimate of drug-likeness (QED) is 0.739. The van der Waals surface area contributed by atoms with E-state index in [0.717, 1.165) is 16.9 Å². The molecule has 0 aliphatic heterocycles. The fourth-order valence-corrected chi connectivity index (χ4v) is 2.50. The number of rotatable bonds is 8. The van der Waals surface area contributed by atoms with Crippen LogP contribution < -0.4 is 14.8 Å². The number of hydrogen-bond donors (Lipinski definition) is 1. The van der Waals surface area contributed by atoms with Gasteiger partial charge in [-0.2, -0.15) is 0 Å². The minimum absolute atomic E-state index is 0.117. The highest BCUT2D eigenvalue weighted by atomic mass is 16.5. The van der Waals surface area contributed by atoms with Crippen LogP contribution in [-0.2, 0) is 4.79 Å². The number of benzene rings is 2. The molecular weight excluding hydrogens is 314 g/mol. The van der Waals surface area contributed by atoms with Gasteiger partial charge in [0.15, 0.2) is 6.10 Å². The summed E-state index contributed by atoms with van der Waals surface area (Å²) in [4.78, 5) is 12.3. The lowest BCUT2D eigenvalue weighted by Crippen LogP contribution is -2.39. The van der Waals surface area contributed by atoms with E-state index in [1.54, 1.807) is 0 Å². The molecule has 0 bridgehead atoms. The lowest BCUT2D eigenvalue weighted by atomic mass is 10.1. The molecule has 0 heterocycles. The van der Waals surface area contributed by atoms with Crippen LogP contribution in [0.4, 0.5) is 0 Å². The summed E-state index contributed by atoms with van der Waals surface area (Å²) < 4.78 is 11.6. The van der Waals surface area contributed by atoms with E-state index < -0.39 is 6.10 Å². The van der Waals surface area contributed by atoms with Gasteiger partial charge < -0.3 is 14.8 Å². The smallest absolute Gasteiger partial charge is 0.261 e. The topological polar surface area (TPSA) is 47.6 Å². The second-order valence-corrected chi connectivity index (χ2v) is 6.17. The molecule has 2 rings (SSSR count). The fraction of sp³-hybridized carbons (Fsp3) is 0.381. The molecule has 0 aromatic heterocycles. The van der Waals surface area contributed by atoms with Crippen LogP contribution in [0, 0.1) is 20.8 Å². The number of carbonyl (C=O) groups excluding carboxylic acids is 1. The van der Waals surface area contributed by atoms with E-state index >= 15 is 0 Å². The number of aryl methyl sites for hydroxylation is 2. The van der Waals surface area contributed by atoms with Gasteiger partial charge >= 0.3 is 0 Å². The molecule has 4 nitrogen and oxygen atoms in total. The molecule has 0 aliphatic rings. The van der Waals surface area contributed by atoms with Gasteiger partial charge in [-0.1, -0.05) is 31.2 Å². The van der Waals surface area contributed by atoms with Crippen molar-refractivity contribution in [2.24, 2.45) is 0 Å². The fourth-order valence-electron chi connectivity index (χ4n) is 2.50. The molecule has 1 amide bonds. The second kappa shape index (κ2) is 9.11. The molecule has 134 valence electrons. The first kappa shape index (κ1) is 18.8. The Morgan fingerprint density at radius 2 is 1.88 bits per heavy atom. The van der Waals surface area contributed by atoms with E-state index in [1.807, 2.05) is 57.2 Å². The minimum Gasteiger partial charge on any atom is -0.491 e. The Hall–Kier alpha value is -2.49. The van der Waals surface area contributed by atoms with Crippen molar-refractivity contribution in [1.29, 1.82) is 0 Å². The highest BCUT2D eigenvalue weighted by Crippen LogP contribution is 2.20. The maximum atomic E-state index is 12.3. The summed E-state index contributed by atoms with van der Waals surface area (Å²) in [5.41, 5.74) is 3.43. The maximum Gasteiger partial charge on any atom is 0.261 e. The van der Waals surface area contributed by atoms with E-state index in [1.165, 1.54) is 5.56 Å². The molecule has 0 unspecified atom stereocenters. The summed E-state index contributed by atoms with van der Waals surface area (Å²) in [6.45, 7) is 8.90. The molecule has 1 atom stereocenters. The van der Waals surface area contributed by atoms with E-state index in [9.17, 15) is 4.79 Å². The third-order valence-electron chi connectivity index (χ3n) is 4.14. The first-order valence-corrected chi connectivity index (χ1v) is 8.71. The van der Waals surface area contributed by atoms with E-state index in [2.05, 4.69) is 18.3 Å². The Bertz CT molecular complexity index is 712. The largest absolute Gasteiger partial charge is 0.491 e. The second-order valence-electron chi connectivity index (χ2n) is 6.17. The SMILES string of the molecule is CC[C@H](Oc1cccc(C)c1)C(=O)NCCOc1cccc(C)c1C. The molecule has 0 spiro atoms. The summed E-state index contributed by atoms with van der Waals surface area (Å²) in [6.07, 6.45) is 0.111. The van der Waals surface area contributed by atoms with Gasteiger partial charge in [0, 0.05) is 0 Å². The molecule has 2 aromatic rings. The lowest BCUT2D eigenvalue weighted by Gasteiger charge is -2.18. The summed E-state index contributed by atoms with van der Waals surface area (Å²) in [7, 11) is 0. The molecule has 0 saturated heterocycles. The Labute approximate surface area is 150 Å². The van der Waals surface area contributed by atoms with Gasteiger partial charge in [0.2, 0.25) is 0 Å². The van der Waals surface area contributed by atoms with Gasteiger partial charge in [-0.15, -0.1) is 0 Å². The van der Waals surface area contributed by atoms with Crippen molar-refractivity contribution in [1.82, 2.24) is 5.32 Å². The Balaban J connectivity index is 1.81. The molecule has 0 saturated carbocycles. The summed E-state index contributed by atoms with van der Waals surface area (Å²) in [5, 5.41) is 2.88. The van der Waals surface area contributed by atoms with E-state index in [0.29, 0.717) is 25.3 Å². The summed E-state index contributed by atoms with van der Waals surface area (Å²) in [5.74, 6) is 1.46. The van der Waals surface area contributed by atoms with Crippen LogP contribution in [0.1, 0.15) is 30.0 Å². The number of hydrogen-bond acceptors (Lipinski definition) is 3. The minimum atomic E-state index is -0.498. The Morgan fingerprint density at radius 1 is 1.12 bits per heavy atom.